The van der Waals surface area contributed by atoms with Crippen molar-refractivity contribution in [1.29, 1.82) is 0 Å². The van der Waals surface area contributed by atoms with Gasteiger partial charge < -0.3 is 15.7 Å². The molecular weight excluding hydrogens is 198 g/mol. The van der Waals surface area contributed by atoms with Crippen LogP contribution < -0.4 is 5.32 Å². The summed E-state index contributed by atoms with van der Waals surface area (Å²) >= 11 is 5.26. The first-order valence-corrected chi connectivity index (χ1v) is 3.81. The number of nitrogens with one attached hydrogen (secondary N) is 1. The molecule has 0 rings (SSSR count). The zero-order chi connectivity index (χ0) is 10.4. The molecule has 0 bridgehead atoms. The molecule has 0 saturated heterocycles. The Kier molecular flexibility index (Phi) is 4.83. The second-order valence-electron chi connectivity index (χ2n) is 2.47. The van der Waals surface area contributed by atoms with E-state index in [1.807, 2.05) is 0 Å². The lowest BCUT2D eigenvalue weighted by molar-refractivity contribution is -0.115. The van der Waals surface area contributed by atoms with Crippen molar-refractivity contribution in [3.8, 4) is 0 Å². The van der Waals surface area contributed by atoms with E-state index in [2.05, 4.69) is 15.6 Å². The minimum Gasteiger partial charge on any atom is -0.410 e. The SMILES string of the molecule is CC(C)NC(=O)C(=NO)C(Cl)=NO. The third-order valence-corrected chi connectivity index (χ3v) is 1.27. The molecule has 0 aromatic heterocycles. The fraction of sp³-hybridized carbons (Fsp3) is 0.500. The monoisotopic (exact) mass is 207 g/mol. The van der Waals surface area contributed by atoms with Gasteiger partial charge in [-0.3, -0.25) is 4.79 Å². The molecule has 0 aliphatic heterocycles. The van der Waals surface area contributed by atoms with Crippen LogP contribution in [-0.2, 0) is 4.79 Å². The van der Waals surface area contributed by atoms with E-state index in [0.29, 0.717) is 0 Å². The van der Waals surface area contributed by atoms with Gasteiger partial charge in [-0.25, -0.2) is 0 Å². The molecule has 0 aromatic rings. The topological polar surface area (TPSA) is 94.3 Å². The Morgan fingerprint density at radius 2 is 1.92 bits per heavy atom. The second kappa shape index (κ2) is 5.36. The molecular formula is C6H10ClN3O3. The van der Waals surface area contributed by atoms with Crippen LogP contribution in [0.3, 0.4) is 0 Å². The van der Waals surface area contributed by atoms with Crippen LogP contribution in [0.25, 0.3) is 0 Å². The maximum atomic E-state index is 11.1. The van der Waals surface area contributed by atoms with Gasteiger partial charge in [-0.15, -0.1) is 0 Å². The third-order valence-electron chi connectivity index (χ3n) is 1.02. The lowest BCUT2D eigenvalue weighted by atomic mass is 10.3. The Hall–Kier alpha value is -1.30. The molecule has 0 aromatic carbocycles. The summed E-state index contributed by atoms with van der Waals surface area (Å²) in [5.41, 5.74) is -0.530. The Labute approximate surface area is 79.9 Å². The maximum Gasteiger partial charge on any atom is 0.276 e. The molecule has 0 saturated carbocycles. The number of carbonyl (C=O) groups is 1. The zero-order valence-corrected chi connectivity index (χ0v) is 7.91. The van der Waals surface area contributed by atoms with Crippen LogP contribution >= 0.6 is 11.6 Å². The van der Waals surface area contributed by atoms with Gasteiger partial charge in [0.15, 0.2) is 0 Å². The highest BCUT2D eigenvalue weighted by Crippen LogP contribution is 1.91. The molecule has 0 spiro atoms. The van der Waals surface area contributed by atoms with Crippen LogP contribution in [0.1, 0.15) is 13.8 Å². The molecule has 0 fully saturated rings. The van der Waals surface area contributed by atoms with Gasteiger partial charge in [-0.2, -0.15) is 0 Å². The van der Waals surface area contributed by atoms with E-state index in [4.69, 9.17) is 22.0 Å². The predicted octanol–water partition coefficient (Wildman–Crippen LogP) is 0.368. The molecule has 0 aliphatic carbocycles. The Morgan fingerprint density at radius 1 is 1.38 bits per heavy atom. The minimum atomic E-state index is -0.708. The molecule has 0 aliphatic rings. The zero-order valence-electron chi connectivity index (χ0n) is 7.15. The number of rotatable bonds is 3. The average Bonchev–Trinajstić information content (AvgIpc) is 2.03. The van der Waals surface area contributed by atoms with Crippen molar-refractivity contribution in [1.82, 2.24) is 5.32 Å². The van der Waals surface area contributed by atoms with Gasteiger partial charge in [0.05, 0.1) is 0 Å². The fourth-order valence-corrected chi connectivity index (χ4v) is 0.682. The van der Waals surface area contributed by atoms with Gasteiger partial charge in [0.25, 0.3) is 5.91 Å². The fourth-order valence-electron chi connectivity index (χ4n) is 0.558. The number of oxime groups is 2. The molecule has 6 nitrogen and oxygen atoms in total. The van der Waals surface area contributed by atoms with Gasteiger partial charge in [-0.05, 0) is 13.8 Å². The van der Waals surface area contributed by atoms with E-state index in [1.54, 1.807) is 13.8 Å². The maximum absolute atomic E-state index is 11.1. The van der Waals surface area contributed by atoms with E-state index in [1.165, 1.54) is 0 Å². The highest BCUT2D eigenvalue weighted by molar-refractivity contribution is 6.92. The summed E-state index contributed by atoms with van der Waals surface area (Å²) in [4.78, 5) is 11.1. The quantitative estimate of drug-likeness (QED) is 0.355. The number of hydrogen-bond donors (Lipinski definition) is 3. The molecule has 0 unspecified atom stereocenters. The highest BCUT2D eigenvalue weighted by Gasteiger charge is 2.18. The van der Waals surface area contributed by atoms with E-state index in [9.17, 15) is 4.79 Å². The number of hydrogen-bond acceptors (Lipinski definition) is 5. The van der Waals surface area contributed by atoms with Crippen molar-refractivity contribution < 1.29 is 15.2 Å². The van der Waals surface area contributed by atoms with E-state index in [-0.39, 0.29) is 6.04 Å². The molecule has 0 radical (unpaired) electrons. The van der Waals surface area contributed by atoms with Gasteiger partial charge in [0.1, 0.15) is 0 Å². The summed E-state index contributed by atoms with van der Waals surface area (Å²) < 4.78 is 0. The highest BCUT2D eigenvalue weighted by atomic mass is 35.5. The van der Waals surface area contributed by atoms with E-state index in [0.717, 1.165) is 0 Å². The van der Waals surface area contributed by atoms with Crippen LogP contribution in [0.5, 0.6) is 0 Å². The van der Waals surface area contributed by atoms with Crippen LogP contribution in [0.4, 0.5) is 0 Å². The first-order chi connectivity index (χ1) is 6.02. The normalized spacial score (nSPS) is 13.2. The van der Waals surface area contributed by atoms with Crippen molar-refractivity contribution >= 4 is 28.4 Å². The molecule has 0 atom stereocenters. The predicted molar refractivity (Wildman–Crippen MR) is 47.6 cm³/mol. The summed E-state index contributed by atoms with van der Waals surface area (Å²) in [7, 11) is 0. The standard InChI is InChI=1S/C6H10ClN3O3/c1-3(2)8-6(11)4(9-12)5(7)10-13/h3,12-13H,1-2H3,(H,8,11). The molecule has 74 valence electrons. The number of carbonyl (C=O) groups excluding carboxylic acids is 1. The second-order valence-corrected chi connectivity index (χ2v) is 2.83. The van der Waals surface area contributed by atoms with Crippen LogP contribution in [-0.4, -0.2) is 33.2 Å². The average molecular weight is 208 g/mol. The largest absolute Gasteiger partial charge is 0.410 e. The lowest BCUT2D eigenvalue weighted by Crippen LogP contribution is -2.38. The van der Waals surface area contributed by atoms with Crippen LogP contribution in [0, 0.1) is 0 Å². The Balaban J connectivity index is 4.54. The summed E-state index contributed by atoms with van der Waals surface area (Å²) in [6.07, 6.45) is 0. The molecule has 1 amide bonds. The van der Waals surface area contributed by atoms with E-state index < -0.39 is 16.8 Å². The van der Waals surface area contributed by atoms with Gasteiger partial charge in [0.2, 0.25) is 10.9 Å². The van der Waals surface area contributed by atoms with Crippen molar-refractivity contribution in [2.24, 2.45) is 10.3 Å². The Bertz CT molecular complexity index is 250. The van der Waals surface area contributed by atoms with Crippen molar-refractivity contribution in [2.45, 2.75) is 19.9 Å². The molecule has 3 N–H and O–H groups in total. The lowest BCUT2D eigenvalue weighted by Gasteiger charge is -2.07. The smallest absolute Gasteiger partial charge is 0.276 e. The Morgan fingerprint density at radius 3 is 2.23 bits per heavy atom. The van der Waals surface area contributed by atoms with Crippen molar-refractivity contribution in [3.63, 3.8) is 0 Å². The van der Waals surface area contributed by atoms with Crippen molar-refractivity contribution in [2.75, 3.05) is 0 Å². The molecule has 13 heavy (non-hydrogen) atoms. The molecule has 0 heterocycles. The van der Waals surface area contributed by atoms with Gasteiger partial charge in [0, 0.05) is 6.04 Å². The molecule has 7 heteroatoms. The minimum absolute atomic E-state index is 0.132. The summed E-state index contributed by atoms with van der Waals surface area (Å²) in [6, 6.07) is -0.132. The first-order valence-electron chi connectivity index (χ1n) is 3.43. The number of amides is 1. The van der Waals surface area contributed by atoms with Crippen molar-refractivity contribution in [3.05, 3.63) is 0 Å². The summed E-state index contributed by atoms with van der Waals surface area (Å²) in [6.45, 7) is 3.44. The van der Waals surface area contributed by atoms with Crippen LogP contribution in [0.15, 0.2) is 10.3 Å². The summed E-state index contributed by atoms with van der Waals surface area (Å²) in [5.74, 6) is -0.708. The third kappa shape index (κ3) is 3.75. The van der Waals surface area contributed by atoms with Crippen LogP contribution in [0.2, 0.25) is 0 Å². The first kappa shape index (κ1) is 11.7. The summed E-state index contributed by atoms with van der Waals surface area (Å²) in [5, 5.41) is 23.5. The van der Waals surface area contributed by atoms with Gasteiger partial charge in [-0.1, -0.05) is 21.9 Å². The van der Waals surface area contributed by atoms with Gasteiger partial charge >= 0.3 is 0 Å². The van der Waals surface area contributed by atoms with E-state index >= 15 is 0 Å². The number of halogens is 1. The number of nitrogens with zero attached hydrogens (tertiary/aromatic N) is 2.